The van der Waals surface area contributed by atoms with Crippen LogP contribution in [0.15, 0.2) is 63.5 Å². The fourth-order valence-electron chi connectivity index (χ4n) is 2.60. The van der Waals surface area contributed by atoms with Gasteiger partial charge in [-0.25, -0.2) is 0 Å². The minimum Gasteiger partial charge on any atom is -0.0786 e. The molecule has 0 bridgehead atoms. The van der Waals surface area contributed by atoms with Crippen molar-refractivity contribution in [2.75, 3.05) is 0 Å². The fourth-order valence-corrected chi connectivity index (χ4v) is 5.19. The van der Waals surface area contributed by atoms with E-state index >= 15 is 0 Å². The van der Waals surface area contributed by atoms with Crippen LogP contribution < -0.4 is 0 Å². The van der Waals surface area contributed by atoms with Crippen molar-refractivity contribution in [3.05, 3.63) is 80.2 Å². The summed E-state index contributed by atoms with van der Waals surface area (Å²) in [5.41, 5.74) is 3.86. The second kappa shape index (κ2) is 6.23. The molecular weight excluding hydrogens is 456 g/mol. The van der Waals surface area contributed by atoms with E-state index in [2.05, 4.69) is 109 Å². The summed E-state index contributed by atoms with van der Waals surface area (Å²) < 4.78 is 2.18. The van der Waals surface area contributed by atoms with E-state index in [9.17, 15) is 0 Å². The third-order valence-electron chi connectivity index (χ3n) is 3.68. The van der Waals surface area contributed by atoms with Gasteiger partial charge in [0.1, 0.15) is 0 Å². The average molecular weight is 469 g/mol. The number of aryl methyl sites for hydroxylation is 1. The Bertz CT molecular complexity index is 809. The Hall–Kier alpha value is -0.640. The molecule has 3 aromatic carbocycles. The van der Waals surface area contributed by atoms with E-state index in [4.69, 9.17) is 0 Å². The molecule has 0 aliphatic carbocycles. The van der Waals surface area contributed by atoms with Crippen LogP contribution in [0.5, 0.6) is 0 Å². The molecule has 0 aliphatic rings. The quantitative estimate of drug-likeness (QED) is 0.350. The van der Waals surface area contributed by atoms with Crippen LogP contribution in [0, 0.1) is 6.92 Å². The number of hydrogen-bond donors (Lipinski definition) is 0. The predicted octanol–water partition coefficient (Wildman–Crippen LogP) is 7.16. The van der Waals surface area contributed by atoms with Crippen molar-refractivity contribution in [3.8, 4) is 0 Å². The van der Waals surface area contributed by atoms with Crippen molar-refractivity contribution in [2.45, 2.75) is 11.8 Å². The average Bonchev–Trinajstić information content (AvgIpc) is 2.46. The van der Waals surface area contributed by atoms with Crippen LogP contribution in [0.4, 0.5) is 0 Å². The molecule has 1 unspecified atom stereocenters. The minimum atomic E-state index is 0.158. The minimum absolute atomic E-state index is 0.158. The normalized spacial score (nSPS) is 12.6. The number of alkyl halides is 1. The number of benzene rings is 3. The van der Waals surface area contributed by atoms with Gasteiger partial charge in [0, 0.05) is 8.95 Å². The van der Waals surface area contributed by atoms with Crippen LogP contribution in [0.25, 0.3) is 10.8 Å². The highest BCUT2D eigenvalue weighted by Gasteiger charge is 2.18. The van der Waals surface area contributed by atoms with Crippen LogP contribution >= 0.6 is 47.8 Å². The van der Waals surface area contributed by atoms with Gasteiger partial charge in [0.25, 0.3) is 0 Å². The van der Waals surface area contributed by atoms with E-state index in [0.29, 0.717) is 0 Å². The van der Waals surface area contributed by atoms with Crippen LogP contribution in [0.1, 0.15) is 21.5 Å². The van der Waals surface area contributed by atoms with Gasteiger partial charge < -0.3 is 0 Å². The highest BCUT2D eigenvalue weighted by atomic mass is 79.9. The summed E-state index contributed by atoms with van der Waals surface area (Å²) in [5.74, 6) is 0. The van der Waals surface area contributed by atoms with Gasteiger partial charge in [-0.1, -0.05) is 90.3 Å². The Kier molecular flexibility index (Phi) is 4.53. The third-order valence-corrected chi connectivity index (χ3v) is 5.81. The van der Waals surface area contributed by atoms with E-state index in [-0.39, 0.29) is 4.83 Å². The Morgan fingerprint density at radius 1 is 0.905 bits per heavy atom. The first kappa shape index (κ1) is 15.3. The SMILES string of the molecule is Cc1ccc2ccccc2c1C(Br)c1ccc(Br)cc1Br. The monoisotopic (exact) mass is 466 g/mol. The molecule has 0 spiro atoms. The molecule has 0 N–H and O–H groups in total. The van der Waals surface area contributed by atoms with Gasteiger partial charge in [-0.3, -0.25) is 0 Å². The lowest BCUT2D eigenvalue weighted by Gasteiger charge is -2.18. The maximum absolute atomic E-state index is 3.90. The molecule has 0 radical (unpaired) electrons. The molecule has 1 atom stereocenters. The van der Waals surface area contributed by atoms with Crippen LogP contribution in [0.2, 0.25) is 0 Å². The van der Waals surface area contributed by atoms with Gasteiger partial charge >= 0.3 is 0 Å². The molecule has 3 rings (SSSR count). The summed E-state index contributed by atoms with van der Waals surface area (Å²) in [5, 5.41) is 2.57. The molecular formula is C18H13Br3. The topological polar surface area (TPSA) is 0 Å². The summed E-state index contributed by atoms with van der Waals surface area (Å²) in [6.45, 7) is 2.17. The van der Waals surface area contributed by atoms with Gasteiger partial charge in [0.05, 0.1) is 4.83 Å². The third kappa shape index (κ3) is 2.96. The number of rotatable bonds is 2. The summed E-state index contributed by atoms with van der Waals surface area (Å²) in [6.07, 6.45) is 0. The van der Waals surface area contributed by atoms with Crippen molar-refractivity contribution in [2.24, 2.45) is 0 Å². The Morgan fingerprint density at radius 3 is 2.43 bits per heavy atom. The summed E-state index contributed by atoms with van der Waals surface area (Å²) >= 11 is 11.1. The molecule has 3 aromatic rings. The Morgan fingerprint density at radius 2 is 1.67 bits per heavy atom. The van der Waals surface area contributed by atoms with Crippen molar-refractivity contribution in [3.63, 3.8) is 0 Å². The zero-order chi connectivity index (χ0) is 15.0. The smallest absolute Gasteiger partial charge is 0.0664 e. The van der Waals surface area contributed by atoms with Gasteiger partial charge in [-0.2, -0.15) is 0 Å². The van der Waals surface area contributed by atoms with Crippen molar-refractivity contribution < 1.29 is 0 Å². The van der Waals surface area contributed by atoms with Crippen molar-refractivity contribution in [1.29, 1.82) is 0 Å². The zero-order valence-electron chi connectivity index (χ0n) is 11.4. The van der Waals surface area contributed by atoms with Gasteiger partial charge in [0.15, 0.2) is 0 Å². The maximum Gasteiger partial charge on any atom is 0.0664 e. The van der Waals surface area contributed by atoms with E-state index in [1.54, 1.807) is 0 Å². The molecule has 0 saturated heterocycles. The first-order chi connectivity index (χ1) is 10.1. The second-order valence-electron chi connectivity index (χ2n) is 5.05. The zero-order valence-corrected chi connectivity index (χ0v) is 16.2. The standard InChI is InChI=1S/C18H13Br3/c1-11-6-7-12-4-2-3-5-14(12)17(11)18(21)15-9-8-13(19)10-16(15)20/h2-10,18H,1H3. The molecule has 0 fully saturated rings. The lowest BCUT2D eigenvalue weighted by atomic mass is 9.94. The van der Waals surface area contributed by atoms with Gasteiger partial charge in [-0.05, 0) is 46.5 Å². The highest BCUT2D eigenvalue weighted by molar-refractivity contribution is 9.11. The molecule has 0 amide bonds. The van der Waals surface area contributed by atoms with Crippen LogP contribution in [-0.2, 0) is 0 Å². The van der Waals surface area contributed by atoms with E-state index < -0.39 is 0 Å². The Labute approximate surface area is 150 Å². The maximum atomic E-state index is 3.90. The van der Waals surface area contributed by atoms with Crippen LogP contribution in [-0.4, -0.2) is 0 Å². The second-order valence-corrected chi connectivity index (χ2v) is 7.73. The van der Waals surface area contributed by atoms with Crippen molar-refractivity contribution in [1.82, 2.24) is 0 Å². The molecule has 0 heterocycles. The lowest BCUT2D eigenvalue weighted by molar-refractivity contribution is 1.15. The van der Waals surface area contributed by atoms with E-state index in [1.807, 2.05) is 0 Å². The van der Waals surface area contributed by atoms with E-state index in [1.165, 1.54) is 27.5 Å². The number of fused-ring (bicyclic) bond motifs is 1. The van der Waals surface area contributed by atoms with Gasteiger partial charge in [-0.15, -0.1) is 0 Å². The molecule has 21 heavy (non-hydrogen) atoms. The highest BCUT2D eigenvalue weighted by Crippen LogP contribution is 2.40. The molecule has 106 valence electrons. The first-order valence-electron chi connectivity index (χ1n) is 6.65. The van der Waals surface area contributed by atoms with Crippen molar-refractivity contribution >= 4 is 58.6 Å². The fraction of sp³-hybridized carbons (Fsp3) is 0.111. The number of hydrogen-bond acceptors (Lipinski definition) is 0. The predicted molar refractivity (Wildman–Crippen MR) is 101 cm³/mol. The van der Waals surface area contributed by atoms with E-state index in [0.717, 1.165) is 8.95 Å². The summed E-state index contributed by atoms with van der Waals surface area (Å²) in [7, 11) is 0. The Balaban J connectivity index is 2.21. The van der Waals surface area contributed by atoms with Gasteiger partial charge in [0.2, 0.25) is 0 Å². The first-order valence-corrected chi connectivity index (χ1v) is 9.15. The van der Waals surface area contributed by atoms with Crippen LogP contribution in [0.3, 0.4) is 0 Å². The molecule has 0 saturated carbocycles. The molecule has 3 heteroatoms. The molecule has 0 aromatic heterocycles. The number of halogens is 3. The molecule has 0 nitrogen and oxygen atoms in total. The lowest BCUT2D eigenvalue weighted by Crippen LogP contribution is -1.98. The summed E-state index contributed by atoms with van der Waals surface area (Å²) in [4.78, 5) is 0.158. The largest absolute Gasteiger partial charge is 0.0786 e. The molecule has 0 aliphatic heterocycles. The summed E-state index contributed by atoms with van der Waals surface area (Å²) in [6, 6.07) is 19.2.